The molecular formula is C17H22N4O4. The summed E-state index contributed by atoms with van der Waals surface area (Å²) in [5.41, 5.74) is 1.67. The molecule has 1 heterocycles. The first-order chi connectivity index (χ1) is 11.9. The van der Waals surface area contributed by atoms with Gasteiger partial charge in [-0.15, -0.1) is 0 Å². The second kappa shape index (κ2) is 6.72. The highest BCUT2D eigenvalue weighted by Crippen LogP contribution is 2.26. The van der Waals surface area contributed by atoms with Gasteiger partial charge in [-0.05, 0) is 37.6 Å². The van der Waals surface area contributed by atoms with Crippen LogP contribution in [0, 0.1) is 0 Å². The fourth-order valence-electron chi connectivity index (χ4n) is 3.31. The Balaban J connectivity index is 1.61. The number of imidazole rings is 1. The predicted octanol–water partition coefficient (Wildman–Crippen LogP) is 0.534. The highest BCUT2D eigenvalue weighted by atomic mass is 16.4. The Morgan fingerprint density at radius 1 is 1.40 bits per heavy atom. The van der Waals surface area contributed by atoms with Gasteiger partial charge in [-0.1, -0.05) is 6.92 Å². The van der Waals surface area contributed by atoms with Gasteiger partial charge in [-0.25, -0.2) is 4.79 Å². The zero-order valence-corrected chi connectivity index (χ0v) is 14.3. The lowest BCUT2D eigenvalue weighted by molar-refractivity contribution is -0.139. The average Bonchev–Trinajstić information content (AvgIpc) is 2.82. The molecule has 0 spiro atoms. The number of benzene rings is 1. The van der Waals surface area contributed by atoms with Crippen molar-refractivity contribution in [3.05, 3.63) is 34.2 Å². The summed E-state index contributed by atoms with van der Waals surface area (Å²) in [5.74, 6) is -1.01. The van der Waals surface area contributed by atoms with Crippen LogP contribution in [0.15, 0.2) is 23.0 Å². The van der Waals surface area contributed by atoms with Crippen LogP contribution in [0.25, 0.3) is 11.0 Å². The summed E-state index contributed by atoms with van der Waals surface area (Å²) in [6.07, 6.45) is 1.50. The van der Waals surface area contributed by atoms with E-state index in [1.807, 2.05) is 11.8 Å². The SMILES string of the molecule is CCN(CC(=O)O)C1CC(NC(=O)c2ccc3[nH]c(=O)n(C)c3c2)C1. The first kappa shape index (κ1) is 17.2. The highest BCUT2D eigenvalue weighted by Gasteiger charge is 2.34. The summed E-state index contributed by atoms with van der Waals surface area (Å²) in [5, 5.41) is 11.9. The third kappa shape index (κ3) is 3.43. The molecule has 134 valence electrons. The molecule has 1 amide bonds. The third-order valence-electron chi connectivity index (χ3n) is 4.88. The second-order valence-electron chi connectivity index (χ2n) is 6.47. The first-order valence-electron chi connectivity index (χ1n) is 8.34. The van der Waals surface area contributed by atoms with E-state index in [4.69, 9.17) is 5.11 Å². The molecule has 0 bridgehead atoms. The summed E-state index contributed by atoms with van der Waals surface area (Å²) in [6.45, 7) is 2.64. The van der Waals surface area contributed by atoms with Crippen molar-refractivity contribution in [3.63, 3.8) is 0 Å². The molecule has 1 aliphatic carbocycles. The van der Waals surface area contributed by atoms with Crippen LogP contribution in [0.1, 0.15) is 30.1 Å². The van der Waals surface area contributed by atoms with E-state index in [1.165, 1.54) is 4.57 Å². The molecule has 1 aliphatic rings. The van der Waals surface area contributed by atoms with Gasteiger partial charge in [-0.3, -0.25) is 19.1 Å². The zero-order chi connectivity index (χ0) is 18.1. The number of nitrogens with one attached hydrogen (secondary N) is 2. The lowest BCUT2D eigenvalue weighted by Crippen LogP contribution is -2.54. The monoisotopic (exact) mass is 346 g/mol. The number of aromatic nitrogens is 2. The van der Waals surface area contributed by atoms with Gasteiger partial charge in [0.1, 0.15) is 0 Å². The molecule has 3 rings (SSSR count). The molecule has 1 aromatic carbocycles. The number of carboxylic acid groups (broad SMARTS) is 1. The lowest BCUT2D eigenvalue weighted by Gasteiger charge is -2.42. The van der Waals surface area contributed by atoms with Gasteiger partial charge < -0.3 is 15.4 Å². The van der Waals surface area contributed by atoms with Crippen LogP contribution in [0.5, 0.6) is 0 Å². The number of hydrogen-bond acceptors (Lipinski definition) is 4. The standard InChI is InChI=1S/C17H22N4O4/c1-3-21(9-15(22)23)12-7-11(8-12)18-16(24)10-4-5-13-14(6-10)20(2)17(25)19-13/h4-6,11-12H,3,7-9H2,1-2H3,(H,18,24)(H,19,25)(H,22,23). The van der Waals surface area contributed by atoms with Crippen LogP contribution in [-0.2, 0) is 11.8 Å². The van der Waals surface area contributed by atoms with Gasteiger partial charge >= 0.3 is 11.7 Å². The largest absolute Gasteiger partial charge is 0.480 e. The first-order valence-corrected chi connectivity index (χ1v) is 8.34. The van der Waals surface area contributed by atoms with Crippen molar-refractivity contribution in [2.24, 2.45) is 7.05 Å². The summed E-state index contributed by atoms with van der Waals surface area (Å²) >= 11 is 0. The molecule has 0 radical (unpaired) electrons. The van der Waals surface area contributed by atoms with Gasteiger partial charge in [0.15, 0.2) is 0 Å². The average molecular weight is 346 g/mol. The molecule has 8 nitrogen and oxygen atoms in total. The number of carbonyl (C=O) groups is 2. The van der Waals surface area contributed by atoms with Crippen LogP contribution >= 0.6 is 0 Å². The number of nitrogens with zero attached hydrogens (tertiary/aromatic N) is 2. The molecule has 1 fully saturated rings. The van der Waals surface area contributed by atoms with Gasteiger partial charge in [0.05, 0.1) is 17.6 Å². The number of carbonyl (C=O) groups excluding carboxylic acids is 1. The Bertz CT molecular complexity index is 863. The van der Waals surface area contributed by atoms with Crippen molar-refractivity contribution in [2.45, 2.75) is 31.8 Å². The number of amides is 1. The maximum Gasteiger partial charge on any atom is 0.326 e. The molecule has 25 heavy (non-hydrogen) atoms. The second-order valence-corrected chi connectivity index (χ2v) is 6.47. The Hall–Kier alpha value is -2.61. The minimum Gasteiger partial charge on any atom is -0.480 e. The number of aromatic amines is 1. The van der Waals surface area contributed by atoms with Crippen molar-refractivity contribution in [2.75, 3.05) is 13.1 Å². The van der Waals surface area contributed by atoms with Crippen LogP contribution < -0.4 is 11.0 Å². The van der Waals surface area contributed by atoms with Crippen LogP contribution in [0.4, 0.5) is 0 Å². The van der Waals surface area contributed by atoms with Gasteiger partial charge in [0.2, 0.25) is 0 Å². The number of aryl methyl sites for hydroxylation is 1. The topological polar surface area (TPSA) is 107 Å². The van der Waals surface area contributed by atoms with E-state index >= 15 is 0 Å². The van der Waals surface area contributed by atoms with Gasteiger partial charge in [-0.2, -0.15) is 0 Å². The molecule has 0 atom stereocenters. The highest BCUT2D eigenvalue weighted by molar-refractivity contribution is 5.97. The van der Waals surface area contributed by atoms with Crippen LogP contribution in [0.3, 0.4) is 0 Å². The number of likely N-dealkylation sites (N-methyl/N-ethyl adjacent to an activating group) is 1. The Labute approximate surface area is 144 Å². The summed E-state index contributed by atoms with van der Waals surface area (Å²) in [7, 11) is 1.65. The Kier molecular flexibility index (Phi) is 4.63. The fraction of sp³-hybridized carbons (Fsp3) is 0.471. The van der Waals surface area contributed by atoms with Crippen LogP contribution in [-0.4, -0.2) is 56.6 Å². The van der Waals surface area contributed by atoms with Crippen molar-refractivity contribution in [1.82, 2.24) is 19.8 Å². The van der Waals surface area contributed by atoms with E-state index in [9.17, 15) is 14.4 Å². The molecule has 0 unspecified atom stereocenters. The summed E-state index contributed by atoms with van der Waals surface area (Å²) in [6, 6.07) is 5.35. The third-order valence-corrected chi connectivity index (χ3v) is 4.88. The minimum atomic E-state index is -0.834. The Morgan fingerprint density at radius 2 is 2.12 bits per heavy atom. The molecule has 0 saturated heterocycles. The van der Waals surface area contributed by atoms with Crippen molar-refractivity contribution in [3.8, 4) is 0 Å². The normalized spacial score (nSPS) is 19.8. The molecule has 1 saturated carbocycles. The number of carboxylic acids is 1. The number of H-pyrrole nitrogens is 1. The molecule has 0 aliphatic heterocycles. The van der Waals surface area contributed by atoms with E-state index < -0.39 is 5.97 Å². The number of fused-ring (bicyclic) bond motifs is 1. The van der Waals surface area contributed by atoms with Gasteiger partial charge in [0, 0.05) is 24.7 Å². The quantitative estimate of drug-likeness (QED) is 0.707. The summed E-state index contributed by atoms with van der Waals surface area (Å²) in [4.78, 5) is 39.5. The van der Waals surface area contributed by atoms with Gasteiger partial charge in [0.25, 0.3) is 5.91 Å². The molecule has 2 aromatic rings. The van der Waals surface area contributed by atoms with Crippen molar-refractivity contribution < 1.29 is 14.7 Å². The molecular weight excluding hydrogens is 324 g/mol. The predicted molar refractivity (Wildman–Crippen MR) is 92.7 cm³/mol. The summed E-state index contributed by atoms with van der Waals surface area (Å²) < 4.78 is 1.47. The maximum absolute atomic E-state index is 12.4. The van der Waals surface area contributed by atoms with E-state index in [-0.39, 0.29) is 30.2 Å². The smallest absolute Gasteiger partial charge is 0.326 e. The van der Waals surface area contributed by atoms with Crippen molar-refractivity contribution >= 4 is 22.9 Å². The number of rotatable bonds is 6. The maximum atomic E-state index is 12.4. The molecule has 3 N–H and O–H groups in total. The minimum absolute atomic E-state index is 0.0278. The molecule has 8 heteroatoms. The van der Waals surface area contributed by atoms with E-state index in [1.54, 1.807) is 25.2 Å². The zero-order valence-electron chi connectivity index (χ0n) is 14.3. The Morgan fingerprint density at radius 3 is 2.76 bits per heavy atom. The van der Waals surface area contributed by atoms with E-state index in [0.717, 1.165) is 12.8 Å². The van der Waals surface area contributed by atoms with E-state index in [2.05, 4.69) is 10.3 Å². The number of hydrogen-bond donors (Lipinski definition) is 3. The van der Waals surface area contributed by atoms with Crippen molar-refractivity contribution in [1.29, 1.82) is 0 Å². The fourth-order valence-corrected chi connectivity index (χ4v) is 3.31. The molecule has 1 aromatic heterocycles. The van der Waals surface area contributed by atoms with E-state index in [0.29, 0.717) is 23.1 Å². The lowest BCUT2D eigenvalue weighted by atomic mass is 9.85. The van der Waals surface area contributed by atoms with Crippen LogP contribution in [0.2, 0.25) is 0 Å². The number of aliphatic carboxylic acids is 1.